The second kappa shape index (κ2) is 2.95. The van der Waals surface area contributed by atoms with Gasteiger partial charge in [-0.05, 0) is 12.8 Å². The van der Waals surface area contributed by atoms with E-state index in [0.717, 1.165) is 0 Å². The number of rotatable bonds is 1. The van der Waals surface area contributed by atoms with Crippen molar-refractivity contribution in [3.63, 3.8) is 0 Å². The van der Waals surface area contributed by atoms with Gasteiger partial charge in [-0.2, -0.15) is 0 Å². The molecule has 56 valence electrons. The van der Waals surface area contributed by atoms with Crippen LogP contribution in [0.3, 0.4) is 0 Å². The fourth-order valence-corrected chi connectivity index (χ4v) is 1.13. The molecule has 1 atom stereocenters. The summed E-state index contributed by atoms with van der Waals surface area (Å²) in [5, 5.41) is 0. The summed E-state index contributed by atoms with van der Waals surface area (Å²) < 4.78 is 24.8. The Balaban J connectivity index is 2.53. The SMILES string of the molecule is C=C(F)C1CCC=C(F)C1. The van der Waals surface area contributed by atoms with Gasteiger partial charge in [0.2, 0.25) is 0 Å². The lowest BCUT2D eigenvalue weighted by molar-refractivity contribution is 0.391. The Morgan fingerprint density at radius 3 is 2.80 bits per heavy atom. The van der Waals surface area contributed by atoms with E-state index in [1.807, 2.05) is 0 Å². The van der Waals surface area contributed by atoms with Crippen molar-refractivity contribution in [2.75, 3.05) is 0 Å². The third kappa shape index (κ3) is 1.66. The van der Waals surface area contributed by atoms with Crippen LogP contribution in [0.4, 0.5) is 8.78 Å². The standard InChI is InChI=1S/C8H10F2/c1-6(9)7-3-2-4-8(10)5-7/h4,7H,1-3,5H2. The molecular weight excluding hydrogens is 134 g/mol. The molecule has 0 bridgehead atoms. The van der Waals surface area contributed by atoms with Gasteiger partial charge in [0.05, 0.1) is 11.7 Å². The first-order valence-corrected chi connectivity index (χ1v) is 3.39. The highest BCUT2D eigenvalue weighted by atomic mass is 19.1. The molecule has 0 saturated heterocycles. The van der Waals surface area contributed by atoms with E-state index in [1.165, 1.54) is 6.08 Å². The lowest BCUT2D eigenvalue weighted by Crippen LogP contribution is -2.04. The van der Waals surface area contributed by atoms with E-state index in [0.29, 0.717) is 12.8 Å². The molecule has 0 fully saturated rings. The minimum absolute atomic E-state index is 0.199. The molecule has 1 aliphatic carbocycles. The number of allylic oxidation sites excluding steroid dienone is 3. The van der Waals surface area contributed by atoms with Crippen molar-refractivity contribution in [1.29, 1.82) is 0 Å². The van der Waals surface area contributed by atoms with Crippen LogP contribution in [0.15, 0.2) is 24.3 Å². The number of hydrogen-bond acceptors (Lipinski definition) is 0. The molecular formula is C8H10F2. The summed E-state index contributed by atoms with van der Waals surface area (Å²) in [7, 11) is 0. The van der Waals surface area contributed by atoms with Crippen molar-refractivity contribution in [3.8, 4) is 0 Å². The highest BCUT2D eigenvalue weighted by Gasteiger charge is 2.17. The molecule has 0 radical (unpaired) electrons. The van der Waals surface area contributed by atoms with Gasteiger partial charge in [0.15, 0.2) is 0 Å². The average molecular weight is 144 g/mol. The minimum Gasteiger partial charge on any atom is -0.212 e. The summed E-state index contributed by atoms with van der Waals surface area (Å²) in [4.78, 5) is 0. The summed E-state index contributed by atoms with van der Waals surface area (Å²) in [6, 6.07) is 0. The molecule has 0 aromatic rings. The van der Waals surface area contributed by atoms with Crippen molar-refractivity contribution >= 4 is 0 Å². The maximum atomic E-state index is 12.4. The summed E-state index contributed by atoms with van der Waals surface area (Å²) in [6.45, 7) is 3.15. The van der Waals surface area contributed by atoms with Gasteiger partial charge in [-0.3, -0.25) is 0 Å². The van der Waals surface area contributed by atoms with Crippen molar-refractivity contribution in [2.24, 2.45) is 5.92 Å². The topological polar surface area (TPSA) is 0 Å². The molecule has 1 unspecified atom stereocenters. The Morgan fingerprint density at radius 1 is 1.70 bits per heavy atom. The lowest BCUT2D eigenvalue weighted by atomic mass is 9.93. The maximum absolute atomic E-state index is 12.4. The first-order valence-electron chi connectivity index (χ1n) is 3.39. The van der Waals surface area contributed by atoms with Gasteiger partial charge >= 0.3 is 0 Å². The molecule has 0 saturated carbocycles. The van der Waals surface area contributed by atoms with Crippen molar-refractivity contribution in [1.82, 2.24) is 0 Å². The third-order valence-electron chi connectivity index (χ3n) is 1.77. The van der Waals surface area contributed by atoms with Crippen LogP contribution < -0.4 is 0 Å². The minimum atomic E-state index is -0.386. The molecule has 0 heterocycles. The van der Waals surface area contributed by atoms with E-state index in [2.05, 4.69) is 6.58 Å². The van der Waals surface area contributed by atoms with Crippen molar-refractivity contribution < 1.29 is 8.78 Å². The molecule has 1 aliphatic rings. The zero-order valence-electron chi connectivity index (χ0n) is 5.74. The summed E-state index contributed by atoms with van der Waals surface area (Å²) in [5.41, 5.74) is 0. The Morgan fingerprint density at radius 2 is 2.40 bits per heavy atom. The van der Waals surface area contributed by atoms with Crippen LogP contribution in [0.1, 0.15) is 19.3 Å². The number of halogens is 2. The first kappa shape index (κ1) is 7.45. The van der Waals surface area contributed by atoms with Gasteiger partial charge in [-0.1, -0.05) is 12.7 Å². The predicted octanol–water partition coefficient (Wildman–Crippen LogP) is 3.12. The van der Waals surface area contributed by atoms with Crippen LogP contribution in [0.25, 0.3) is 0 Å². The molecule has 0 amide bonds. The van der Waals surface area contributed by atoms with E-state index >= 15 is 0 Å². The smallest absolute Gasteiger partial charge is 0.0966 e. The van der Waals surface area contributed by atoms with Crippen LogP contribution in [0.2, 0.25) is 0 Å². The molecule has 0 N–H and O–H groups in total. The fraction of sp³-hybridized carbons (Fsp3) is 0.500. The fourth-order valence-electron chi connectivity index (χ4n) is 1.13. The van der Waals surface area contributed by atoms with Gasteiger partial charge in [0.25, 0.3) is 0 Å². The normalized spacial score (nSPS) is 25.8. The summed E-state index contributed by atoms with van der Waals surface area (Å²) in [6.07, 6.45) is 3.05. The van der Waals surface area contributed by atoms with Gasteiger partial charge in [-0.25, -0.2) is 8.78 Å². The van der Waals surface area contributed by atoms with Crippen LogP contribution in [-0.4, -0.2) is 0 Å². The van der Waals surface area contributed by atoms with E-state index in [9.17, 15) is 8.78 Å². The van der Waals surface area contributed by atoms with Gasteiger partial charge in [-0.15, -0.1) is 0 Å². The third-order valence-corrected chi connectivity index (χ3v) is 1.77. The second-order valence-corrected chi connectivity index (χ2v) is 2.58. The Labute approximate surface area is 59.2 Å². The summed E-state index contributed by atoms with van der Waals surface area (Å²) in [5.74, 6) is -0.858. The van der Waals surface area contributed by atoms with Gasteiger partial charge < -0.3 is 0 Å². The molecule has 0 spiro atoms. The van der Waals surface area contributed by atoms with Crippen molar-refractivity contribution in [2.45, 2.75) is 19.3 Å². The molecule has 0 nitrogen and oxygen atoms in total. The van der Waals surface area contributed by atoms with E-state index < -0.39 is 0 Å². The van der Waals surface area contributed by atoms with E-state index in [-0.39, 0.29) is 24.0 Å². The highest BCUT2D eigenvalue weighted by Crippen LogP contribution is 2.29. The van der Waals surface area contributed by atoms with Crippen LogP contribution in [-0.2, 0) is 0 Å². The van der Waals surface area contributed by atoms with E-state index in [1.54, 1.807) is 0 Å². The Kier molecular flexibility index (Phi) is 2.20. The molecule has 0 aromatic carbocycles. The van der Waals surface area contributed by atoms with Crippen LogP contribution in [0, 0.1) is 5.92 Å². The highest BCUT2D eigenvalue weighted by molar-refractivity contribution is 5.05. The monoisotopic (exact) mass is 144 g/mol. The first-order chi connectivity index (χ1) is 4.70. The molecule has 0 aromatic heterocycles. The average Bonchev–Trinajstić information content (AvgIpc) is 1.88. The number of hydrogen-bond donors (Lipinski definition) is 0. The molecule has 0 aliphatic heterocycles. The zero-order valence-corrected chi connectivity index (χ0v) is 5.74. The van der Waals surface area contributed by atoms with E-state index in [4.69, 9.17) is 0 Å². The van der Waals surface area contributed by atoms with Crippen molar-refractivity contribution in [3.05, 3.63) is 24.3 Å². The quantitative estimate of drug-likeness (QED) is 0.530. The zero-order chi connectivity index (χ0) is 7.56. The van der Waals surface area contributed by atoms with Crippen LogP contribution in [0.5, 0.6) is 0 Å². The molecule has 10 heavy (non-hydrogen) atoms. The molecule has 2 heteroatoms. The Hall–Kier alpha value is -0.660. The van der Waals surface area contributed by atoms with Crippen LogP contribution >= 0.6 is 0 Å². The predicted molar refractivity (Wildman–Crippen MR) is 36.8 cm³/mol. The second-order valence-electron chi connectivity index (χ2n) is 2.58. The Bertz CT molecular complexity index is 170. The van der Waals surface area contributed by atoms with Gasteiger partial charge in [0, 0.05) is 12.3 Å². The maximum Gasteiger partial charge on any atom is 0.0966 e. The molecule has 1 rings (SSSR count). The van der Waals surface area contributed by atoms with Gasteiger partial charge in [0.1, 0.15) is 0 Å². The largest absolute Gasteiger partial charge is 0.212 e. The summed E-state index contributed by atoms with van der Waals surface area (Å²) >= 11 is 0. The lowest BCUT2D eigenvalue weighted by Gasteiger charge is -2.15.